The number of nitrogens with zero attached hydrogens (tertiary/aromatic N) is 2. The Hall–Kier alpha value is -0.350. The van der Waals surface area contributed by atoms with Gasteiger partial charge >= 0.3 is 0 Å². The van der Waals surface area contributed by atoms with Gasteiger partial charge in [0.2, 0.25) is 0 Å². The van der Waals surface area contributed by atoms with E-state index in [1.165, 1.54) is 12.8 Å². The predicted octanol–water partition coefficient (Wildman–Crippen LogP) is 1.44. The number of rotatable bonds is 2. The van der Waals surface area contributed by atoms with E-state index in [2.05, 4.69) is 21.0 Å². The van der Waals surface area contributed by atoms with Gasteiger partial charge in [-0.25, -0.2) is 0 Å². The van der Waals surface area contributed by atoms with Gasteiger partial charge in [-0.2, -0.15) is 5.10 Å². The zero-order chi connectivity index (χ0) is 7.84. The van der Waals surface area contributed by atoms with Crippen LogP contribution in [0.5, 0.6) is 0 Å². The summed E-state index contributed by atoms with van der Waals surface area (Å²) in [4.78, 5) is 0. The van der Waals surface area contributed by atoms with Crippen LogP contribution in [0, 0.1) is 0 Å². The number of hydrogen-bond acceptors (Lipinski definition) is 2. The zero-order valence-corrected chi connectivity index (χ0v) is 7.71. The van der Waals surface area contributed by atoms with E-state index in [4.69, 9.17) is 5.73 Å². The smallest absolute Gasteiger partial charge is 0.108 e. The molecule has 0 unspecified atom stereocenters. The molecule has 4 heteroatoms. The van der Waals surface area contributed by atoms with Gasteiger partial charge in [0.05, 0.1) is 12.2 Å². The summed E-state index contributed by atoms with van der Waals surface area (Å²) in [6.07, 6.45) is 4.34. The number of nitrogens with two attached hydrogens (primary N) is 1. The van der Waals surface area contributed by atoms with Gasteiger partial charge in [-0.3, -0.25) is 4.68 Å². The van der Waals surface area contributed by atoms with Gasteiger partial charge < -0.3 is 5.73 Å². The molecule has 1 aromatic rings. The standard InChI is InChI=1S/C7H10BrN3/c8-7-5(3-9)4-10-11(7)6-1-2-6/h4,6H,1-3,9H2. The lowest BCUT2D eigenvalue weighted by Gasteiger charge is -1.98. The quantitative estimate of drug-likeness (QED) is 0.812. The van der Waals surface area contributed by atoms with Crippen LogP contribution in [0.1, 0.15) is 24.4 Å². The van der Waals surface area contributed by atoms with E-state index < -0.39 is 0 Å². The fourth-order valence-electron chi connectivity index (χ4n) is 1.09. The summed E-state index contributed by atoms with van der Waals surface area (Å²) in [6.45, 7) is 0.563. The minimum atomic E-state index is 0.563. The third-order valence-electron chi connectivity index (χ3n) is 1.92. The molecule has 3 nitrogen and oxygen atoms in total. The molecule has 0 amide bonds. The van der Waals surface area contributed by atoms with E-state index in [0.717, 1.165) is 10.2 Å². The van der Waals surface area contributed by atoms with Crippen molar-refractivity contribution in [3.05, 3.63) is 16.4 Å². The highest BCUT2D eigenvalue weighted by Crippen LogP contribution is 2.37. The van der Waals surface area contributed by atoms with E-state index in [9.17, 15) is 0 Å². The fraction of sp³-hybridized carbons (Fsp3) is 0.571. The van der Waals surface area contributed by atoms with E-state index in [1.807, 2.05) is 10.9 Å². The van der Waals surface area contributed by atoms with Crippen LogP contribution in [-0.2, 0) is 6.54 Å². The normalized spacial score (nSPS) is 17.3. The Morgan fingerprint density at radius 3 is 2.91 bits per heavy atom. The molecule has 2 N–H and O–H groups in total. The maximum absolute atomic E-state index is 5.50. The van der Waals surface area contributed by atoms with Gasteiger partial charge in [0.15, 0.2) is 0 Å². The number of hydrogen-bond donors (Lipinski definition) is 1. The fourth-order valence-corrected chi connectivity index (χ4v) is 1.74. The topological polar surface area (TPSA) is 43.8 Å². The van der Waals surface area contributed by atoms with Crippen LogP contribution in [0.25, 0.3) is 0 Å². The van der Waals surface area contributed by atoms with Crippen molar-refractivity contribution in [2.45, 2.75) is 25.4 Å². The Morgan fingerprint density at radius 1 is 1.73 bits per heavy atom. The average molecular weight is 216 g/mol. The third-order valence-corrected chi connectivity index (χ3v) is 2.79. The van der Waals surface area contributed by atoms with E-state index in [1.54, 1.807) is 0 Å². The first-order chi connectivity index (χ1) is 5.33. The molecule has 0 spiro atoms. The van der Waals surface area contributed by atoms with Crippen molar-refractivity contribution >= 4 is 15.9 Å². The first-order valence-electron chi connectivity index (χ1n) is 3.75. The van der Waals surface area contributed by atoms with Gasteiger partial charge in [0, 0.05) is 12.1 Å². The van der Waals surface area contributed by atoms with Gasteiger partial charge in [-0.05, 0) is 28.8 Å². The lowest BCUT2D eigenvalue weighted by molar-refractivity contribution is 0.626. The highest BCUT2D eigenvalue weighted by atomic mass is 79.9. The number of aromatic nitrogens is 2. The molecular weight excluding hydrogens is 206 g/mol. The van der Waals surface area contributed by atoms with Gasteiger partial charge in [0.1, 0.15) is 4.60 Å². The molecule has 1 saturated carbocycles. The van der Waals surface area contributed by atoms with Crippen LogP contribution >= 0.6 is 15.9 Å². The van der Waals surface area contributed by atoms with E-state index in [-0.39, 0.29) is 0 Å². The molecular formula is C7H10BrN3. The summed E-state index contributed by atoms with van der Waals surface area (Å²) >= 11 is 3.47. The monoisotopic (exact) mass is 215 g/mol. The van der Waals surface area contributed by atoms with E-state index in [0.29, 0.717) is 12.6 Å². The molecule has 0 bridgehead atoms. The largest absolute Gasteiger partial charge is 0.326 e. The molecule has 1 aromatic heterocycles. The Balaban J connectivity index is 2.33. The van der Waals surface area contributed by atoms with Crippen molar-refractivity contribution < 1.29 is 0 Å². The lowest BCUT2D eigenvalue weighted by atomic mass is 10.4. The van der Waals surface area contributed by atoms with Crippen molar-refractivity contribution in [3.8, 4) is 0 Å². The van der Waals surface area contributed by atoms with Crippen molar-refractivity contribution in [2.75, 3.05) is 0 Å². The molecule has 0 aromatic carbocycles. The summed E-state index contributed by atoms with van der Waals surface area (Å²) < 4.78 is 3.07. The van der Waals surface area contributed by atoms with Crippen LogP contribution in [0.2, 0.25) is 0 Å². The molecule has 0 saturated heterocycles. The molecule has 2 rings (SSSR count). The van der Waals surface area contributed by atoms with Gasteiger partial charge in [0.25, 0.3) is 0 Å². The molecule has 0 aliphatic heterocycles. The molecule has 0 radical (unpaired) electrons. The molecule has 1 aliphatic carbocycles. The highest BCUT2D eigenvalue weighted by Gasteiger charge is 2.26. The summed E-state index contributed by atoms with van der Waals surface area (Å²) in [5.41, 5.74) is 6.60. The first kappa shape index (κ1) is 7.31. The summed E-state index contributed by atoms with van der Waals surface area (Å²) in [6, 6.07) is 0.629. The van der Waals surface area contributed by atoms with Crippen LogP contribution < -0.4 is 5.73 Å². The van der Waals surface area contributed by atoms with Crippen molar-refractivity contribution in [2.24, 2.45) is 5.73 Å². The predicted molar refractivity (Wildman–Crippen MR) is 46.1 cm³/mol. The second-order valence-corrected chi connectivity index (χ2v) is 3.59. The van der Waals surface area contributed by atoms with Crippen LogP contribution in [0.15, 0.2) is 10.8 Å². The van der Waals surface area contributed by atoms with E-state index >= 15 is 0 Å². The molecule has 1 fully saturated rings. The van der Waals surface area contributed by atoms with Crippen LogP contribution in [0.3, 0.4) is 0 Å². The van der Waals surface area contributed by atoms with Crippen molar-refractivity contribution in [3.63, 3.8) is 0 Å². The third kappa shape index (κ3) is 1.20. The van der Waals surface area contributed by atoms with Crippen molar-refractivity contribution in [1.29, 1.82) is 0 Å². The molecule has 60 valence electrons. The lowest BCUT2D eigenvalue weighted by Crippen LogP contribution is -1.98. The maximum Gasteiger partial charge on any atom is 0.108 e. The summed E-state index contributed by atoms with van der Waals surface area (Å²) in [5.74, 6) is 0. The SMILES string of the molecule is NCc1cnn(C2CC2)c1Br. The highest BCUT2D eigenvalue weighted by molar-refractivity contribution is 9.10. The zero-order valence-electron chi connectivity index (χ0n) is 6.13. The molecule has 1 heterocycles. The van der Waals surface area contributed by atoms with Gasteiger partial charge in [-0.1, -0.05) is 0 Å². The van der Waals surface area contributed by atoms with Crippen LogP contribution in [-0.4, -0.2) is 9.78 Å². The molecule has 1 aliphatic rings. The number of halogens is 1. The van der Waals surface area contributed by atoms with Crippen molar-refractivity contribution in [1.82, 2.24) is 9.78 Å². The summed E-state index contributed by atoms with van der Waals surface area (Å²) in [7, 11) is 0. The molecule has 0 atom stereocenters. The second-order valence-electron chi connectivity index (χ2n) is 2.84. The molecule has 11 heavy (non-hydrogen) atoms. The minimum Gasteiger partial charge on any atom is -0.326 e. The van der Waals surface area contributed by atoms with Gasteiger partial charge in [-0.15, -0.1) is 0 Å². The minimum absolute atomic E-state index is 0.563. The average Bonchev–Trinajstić information content (AvgIpc) is 2.77. The maximum atomic E-state index is 5.50. The second kappa shape index (κ2) is 2.60. The first-order valence-corrected chi connectivity index (χ1v) is 4.54. The Labute approximate surface area is 73.7 Å². The Morgan fingerprint density at radius 2 is 2.45 bits per heavy atom. The van der Waals surface area contributed by atoms with Crippen LogP contribution in [0.4, 0.5) is 0 Å². The Bertz CT molecular complexity index is 265. The summed E-state index contributed by atoms with van der Waals surface area (Å²) in [5, 5.41) is 4.24. The Kier molecular flexibility index (Phi) is 1.73.